The average molecular weight is 957 g/mol. The van der Waals surface area contributed by atoms with E-state index in [9.17, 15) is 40.5 Å². The first-order chi connectivity index (χ1) is 32.6. The SMILES string of the molecule is CCCCCCC/C=C\C/C=C\C/C=C\CCCCCCCCCCC(=O)OC(COCCCCCCCCCCCC)COC1OC(COC2OC(CO)C(O)C(O)C2O)C(O)C(O)C1O. The van der Waals surface area contributed by atoms with Gasteiger partial charge in [-0.1, -0.05) is 172 Å². The van der Waals surface area contributed by atoms with Crippen molar-refractivity contribution in [3.63, 3.8) is 0 Å². The second-order valence-electron chi connectivity index (χ2n) is 18.7. The number of unbranched alkanes of at least 4 members (excludes halogenated alkanes) is 22. The molecule has 0 radical (unpaired) electrons. The van der Waals surface area contributed by atoms with Gasteiger partial charge in [-0.2, -0.15) is 0 Å². The van der Waals surface area contributed by atoms with E-state index >= 15 is 0 Å². The van der Waals surface area contributed by atoms with Crippen molar-refractivity contribution in [1.29, 1.82) is 0 Å². The molecule has 0 aromatic rings. The van der Waals surface area contributed by atoms with Gasteiger partial charge in [0.15, 0.2) is 12.6 Å². The Balaban J connectivity index is 1.71. The van der Waals surface area contributed by atoms with Gasteiger partial charge in [-0.3, -0.25) is 4.79 Å². The van der Waals surface area contributed by atoms with Gasteiger partial charge in [0, 0.05) is 13.0 Å². The first kappa shape index (κ1) is 61.3. The third-order valence-corrected chi connectivity index (χ3v) is 12.7. The van der Waals surface area contributed by atoms with E-state index in [0.717, 1.165) is 57.8 Å². The Labute approximate surface area is 404 Å². The van der Waals surface area contributed by atoms with Crippen molar-refractivity contribution < 1.29 is 69.0 Å². The summed E-state index contributed by atoms with van der Waals surface area (Å²) < 4.78 is 34.2. The summed E-state index contributed by atoms with van der Waals surface area (Å²) in [5.74, 6) is -0.383. The molecule has 2 aliphatic rings. The largest absolute Gasteiger partial charge is 0.457 e. The van der Waals surface area contributed by atoms with Gasteiger partial charge in [-0.25, -0.2) is 0 Å². The van der Waals surface area contributed by atoms with Crippen LogP contribution in [-0.2, 0) is 33.2 Å². The van der Waals surface area contributed by atoms with Crippen LogP contribution in [0.15, 0.2) is 36.5 Å². The standard InChI is InChI=1S/C53H96O14/c1-3-5-7-9-11-13-15-16-17-18-19-20-21-22-23-24-25-26-27-28-30-32-34-36-45(55)65-42(39-62-37-35-33-31-29-14-12-10-8-6-4-2)40-63-52-51(61)49(59)47(57)44(67-52)41-64-53-50(60)48(58)46(56)43(38-54)66-53/h15-16,18-19,21-22,42-44,46-54,56-61H,3-14,17,20,23-41H2,1-2H3/b16-15-,19-18-,22-21-. The zero-order valence-corrected chi connectivity index (χ0v) is 41.6. The minimum absolute atomic E-state index is 0.0604. The minimum atomic E-state index is -1.71. The average Bonchev–Trinajstić information content (AvgIpc) is 3.32. The molecule has 11 unspecified atom stereocenters. The molecule has 0 aliphatic carbocycles. The van der Waals surface area contributed by atoms with Crippen molar-refractivity contribution >= 4 is 5.97 Å². The van der Waals surface area contributed by atoms with Crippen molar-refractivity contribution in [2.75, 3.05) is 33.0 Å². The first-order valence-electron chi connectivity index (χ1n) is 26.6. The maximum Gasteiger partial charge on any atom is 0.306 e. The quantitative estimate of drug-likeness (QED) is 0.0175. The van der Waals surface area contributed by atoms with Gasteiger partial charge in [0.1, 0.15) is 54.9 Å². The number of esters is 1. The number of ether oxygens (including phenoxy) is 6. The Hall–Kier alpha value is -1.79. The number of hydrogen-bond acceptors (Lipinski definition) is 14. The van der Waals surface area contributed by atoms with Crippen molar-refractivity contribution in [3.8, 4) is 0 Å². The fraction of sp³-hybridized carbons (Fsp3) is 0.868. The third kappa shape index (κ3) is 28.6. The fourth-order valence-corrected chi connectivity index (χ4v) is 8.29. The van der Waals surface area contributed by atoms with E-state index in [1.54, 1.807) is 0 Å². The van der Waals surface area contributed by atoms with Gasteiger partial charge in [-0.15, -0.1) is 0 Å². The summed E-state index contributed by atoms with van der Waals surface area (Å²) in [5, 5.41) is 72.1. The lowest BCUT2D eigenvalue weighted by Gasteiger charge is -2.42. The van der Waals surface area contributed by atoms with Crippen molar-refractivity contribution in [2.45, 2.75) is 261 Å². The van der Waals surface area contributed by atoms with E-state index in [4.69, 9.17) is 28.4 Å². The van der Waals surface area contributed by atoms with Crippen LogP contribution in [0.25, 0.3) is 0 Å². The molecule has 392 valence electrons. The molecule has 7 N–H and O–H groups in total. The maximum absolute atomic E-state index is 13.0. The van der Waals surface area contributed by atoms with E-state index in [0.29, 0.717) is 13.0 Å². The summed E-state index contributed by atoms with van der Waals surface area (Å²) in [5.41, 5.74) is 0. The summed E-state index contributed by atoms with van der Waals surface area (Å²) >= 11 is 0. The molecule has 0 spiro atoms. The van der Waals surface area contributed by atoms with Crippen LogP contribution in [0.4, 0.5) is 0 Å². The molecular weight excluding hydrogens is 861 g/mol. The summed E-state index contributed by atoms with van der Waals surface area (Å²) in [6.07, 6.45) is 29.2. The molecule has 2 aliphatic heterocycles. The normalized spacial score (nSPS) is 26.3. The van der Waals surface area contributed by atoms with E-state index in [2.05, 4.69) is 50.3 Å². The predicted octanol–water partition coefficient (Wildman–Crippen LogP) is 8.19. The summed E-state index contributed by atoms with van der Waals surface area (Å²) in [7, 11) is 0. The third-order valence-electron chi connectivity index (χ3n) is 12.7. The van der Waals surface area contributed by atoms with Crippen LogP contribution in [0, 0.1) is 0 Å². The van der Waals surface area contributed by atoms with Crippen LogP contribution in [0.3, 0.4) is 0 Å². The van der Waals surface area contributed by atoms with Gasteiger partial charge in [0.05, 0.1) is 26.4 Å². The molecule has 67 heavy (non-hydrogen) atoms. The molecule has 2 fully saturated rings. The monoisotopic (exact) mass is 957 g/mol. The number of rotatable bonds is 42. The second-order valence-corrected chi connectivity index (χ2v) is 18.7. The Morgan fingerprint density at radius 3 is 1.45 bits per heavy atom. The molecule has 2 rings (SSSR count). The number of carbonyl (C=O) groups is 1. The van der Waals surface area contributed by atoms with Crippen LogP contribution < -0.4 is 0 Å². The number of carbonyl (C=O) groups excluding carboxylic acids is 1. The highest BCUT2D eigenvalue weighted by molar-refractivity contribution is 5.69. The predicted molar refractivity (Wildman–Crippen MR) is 261 cm³/mol. The highest BCUT2D eigenvalue weighted by atomic mass is 16.7. The zero-order valence-electron chi connectivity index (χ0n) is 41.6. The molecule has 0 aromatic heterocycles. The van der Waals surface area contributed by atoms with Gasteiger partial charge in [0.25, 0.3) is 0 Å². The molecule has 11 atom stereocenters. The molecule has 0 saturated carbocycles. The fourth-order valence-electron chi connectivity index (χ4n) is 8.29. The summed E-state index contributed by atoms with van der Waals surface area (Å²) in [6.45, 7) is 3.66. The Morgan fingerprint density at radius 1 is 0.493 bits per heavy atom. The van der Waals surface area contributed by atoms with Crippen LogP contribution in [0.2, 0.25) is 0 Å². The smallest absolute Gasteiger partial charge is 0.306 e. The second kappa shape index (κ2) is 40.9. The van der Waals surface area contributed by atoms with E-state index in [-0.39, 0.29) is 25.6 Å². The molecule has 0 amide bonds. The lowest BCUT2D eigenvalue weighted by molar-refractivity contribution is -0.332. The van der Waals surface area contributed by atoms with Gasteiger partial charge < -0.3 is 64.2 Å². The Kier molecular flexibility index (Phi) is 37.4. The van der Waals surface area contributed by atoms with E-state index < -0.39 is 80.7 Å². The first-order valence-corrected chi connectivity index (χ1v) is 26.6. The maximum atomic E-state index is 13.0. The van der Waals surface area contributed by atoms with E-state index in [1.165, 1.54) is 109 Å². The summed E-state index contributed by atoms with van der Waals surface area (Å²) in [4.78, 5) is 13.0. The van der Waals surface area contributed by atoms with Crippen molar-refractivity contribution in [1.82, 2.24) is 0 Å². The molecule has 2 saturated heterocycles. The van der Waals surface area contributed by atoms with Crippen LogP contribution in [-0.4, -0.2) is 142 Å². The number of aliphatic hydroxyl groups is 7. The van der Waals surface area contributed by atoms with Crippen molar-refractivity contribution in [2.24, 2.45) is 0 Å². The highest BCUT2D eigenvalue weighted by Crippen LogP contribution is 2.26. The molecule has 14 nitrogen and oxygen atoms in total. The number of hydrogen-bond donors (Lipinski definition) is 7. The van der Waals surface area contributed by atoms with Crippen LogP contribution >= 0.6 is 0 Å². The van der Waals surface area contributed by atoms with Gasteiger partial charge in [-0.05, 0) is 51.4 Å². The Morgan fingerprint density at radius 2 is 0.925 bits per heavy atom. The van der Waals surface area contributed by atoms with Crippen LogP contribution in [0.5, 0.6) is 0 Å². The molecule has 0 aromatic carbocycles. The minimum Gasteiger partial charge on any atom is -0.457 e. The van der Waals surface area contributed by atoms with Gasteiger partial charge >= 0.3 is 5.97 Å². The molecular formula is C53H96O14. The summed E-state index contributed by atoms with van der Waals surface area (Å²) in [6, 6.07) is 0. The van der Waals surface area contributed by atoms with Gasteiger partial charge in [0.2, 0.25) is 0 Å². The molecule has 0 bridgehead atoms. The highest BCUT2D eigenvalue weighted by Gasteiger charge is 2.47. The lowest BCUT2D eigenvalue weighted by Crippen LogP contribution is -2.61. The lowest BCUT2D eigenvalue weighted by atomic mass is 9.98. The topological polar surface area (TPSA) is 214 Å². The number of aliphatic hydroxyl groups excluding tert-OH is 7. The van der Waals surface area contributed by atoms with E-state index in [1.807, 2.05) is 0 Å². The zero-order chi connectivity index (χ0) is 48.7. The van der Waals surface area contributed by atoms with Crippen molar-refractivity contribution in [3.05, 3.63) is 36.5 Å². The molecule has 2 heterocycles. The number of allylic oxidation sites excluding steroid dienone is 6. The van der Waals surface area contributed by atoms with Crippen LogP contribution in [0.1, 0.15) is 194 Å². The Bertz CT molecular complexity index is 1250. The molecule has 14 heteroatoms.